The molecule has 1 rings (SSSR count). The maximum absolute atomic E-state index is 12.0. The summed E-state index contributed by atoms with van der Waals surface area (Å²) in [6, 6.07) is 8.87. The Morgan fingerprint density at radius 2 is 1.57 bits per heavy atom. The van der Waals surface area contributed by atoms with E-state index in [1.54, 1.807) is 38.1 Å². The third-order valence-electron chi connectivity index (χ3n) is 2.50. The van der Waals surface area contributed by atoms with Crippen LogP contribution in [0.25, 0.3) is 0 Å². The molecule has 6 nitrogen and oxygen atoms in total. The first-order valence-corrected chi connectivity index (χ1v) is 6.64. The van der Waals surface area contributed by atoms with Gasteiger partial charge >= 0.3 is 11.9 Å². The van der Waals surface area contributed by atoms with E-state index in [0.717, 1.165) is 0 Å². The first-order chi connectivity index (χ1) is 10.1. The van der Waals surface area contributed by atoms with Crippen molar-refractivity contribution in [3.63, 3.8) is 0 Å². The second-order valence-electron chi connectivity index (χ2n) is 3.93. The maximum atomic E-state index is 12.0. The Bertz CT molecular complexity index is 480. The van der Waals surface area contributed by atoms with Gasteiger partial charge in [0.2, 0.25) is 11.8 Å². The molecule has 0 unspecified atom stereocenters. The monoisotopic (exact) mass is 293 g/mol. The number of methoxy groups -OCH3 is 1. The van der Waals surface area contributed by atoms with Crippen LogP contribution in [0.15, 0.2) is 35.3 Å². The lowest BCUT2D eigenvalue weighted by atomic mass is 10.1. The third kappa shape index (κ3) is 4.91. The van der Waals surface area contributed by atoms with Crippen molar-refractivity contribution in [2.24, 2.45) is 10.9 Å². The summed E-state index contributed by atoms with van der Waals surface area (Å²) in [7, 11) is 1.34. The number of aliphatic imine (C=N–C) groups is 1. The van der Waals surface area contributed by atoms with Crippen LogP contribution in [0.1, 0.15) is 13.8 Å². The Balaban J connectivity index is 3.11. The molecule has 0 spiro atoms. The molecule has 6 heteroatoms. The number of rotatable bonds is 6. The molecule has 0 fully saturated rings. The number of hydrogen-bond donors (Lipinski definition) is 0. The Morgan fingerprint density at radius 3 is 2.00 bits per heavy atom. The van der Waals surface area contributed by atoms with Crippen molar-refractivity contribution in [3.05, 3.63) is 30.3 Å². The summed E-state index contributed by atoms with van der Waals surface area (Å²) in [6.07, 6.45) is 0. The standard InChI is InChI=1S/C15H19NO5/c1-4-20-14(17)12(15(18)21-5-2)13(19-3)16-11-9-7-6-8-10-11/h6-10,12H,4-5H2,1-3H3. The minimum Gasteiger partial charge on any atom is -0.483 e. The van der Waals surface area contributed by atoms with Crippen LogP contribution in [0, 0.1) is 5.92 Å². The first kappa shape index (κ1) is 16.7. The number of hydrogen-bond acceptors (Lipinski definition) is 6. The van der Waals surface area contributed by atoms with Gasteiger partial charge < -0.3 is 14.2 Å². The van der Waals surface area contributed by atoms with Gasteiger partial charge in [0.05, 0.1) is 26.0 Å². The van der Waals surface area contributed by atoms with Crippen LogP contribution < -0.4 is 0 Å². The topological polar surface area (TPSA) is 74.2 Å². The lowest BCUT2D eigenvalue weighted by Gasteiger charge is -2.15. The normalized spacial score (nSPS) is 11.1. The van der Waals surface area contributed by atoms with Gasteiger partial charge in [0, 0.05) is 0 Å². The molecule has 0 N–H and O–H groups in total. The van der Waals surface area contributed by atoms with Crippen molar-refractivity contribution in [2.75, 3.05) is 20.3 Å². The Kier molecular flexibility index (Phi) is 6.94. The maximum Gasteiger partial charge on any atom is 0.329 e. The number of esters is 2. The molecule has 0 saturated carbocycles. The molecular formula is C15H19NO5. The van der Waals surface area contributed by atoms with E-state index in [1.165, 1.54) is 7.11 Å². The van der Waals surface area contributed by atoms with Gasteiger partial charge in [0.25, 0.3) is 0 Å². The second kappa shape index (κ2) is 8.73. The van der Waals surface area contributed by atoms with E-state index in [0.29, 0.717) is 5.69 Å². The van der Waals surface area contributed by atoms with Gasteiger partial charge in [-0.1, -0.05) is 18.2 Å². The van der Waals surface area contributed by atoms with Crippen molar-refractivity contribution < 1.29 is 23.8 Å². The predicted molar refractivity (Wildman–Crippen MR) is 77.3 cm³/mol. The Labute approximate surface area is 123 Å². The molecule has 114 valence electrons. The molecule has 0 aliphatic heterocycles. The molecule has 0 atom stereocenters. The quantitative estimate of drug-likeness (QED) is 0.347. The van der Waals surface area contributed by atoms with Crippen LogP contribution in [0.4, 0.5) is 5.69 Å². The fourth-order valence-corrected chi connectivity index (χ4v) is 1.61. The number of ether oxygens (including phenoxy) is 3. The van der Waals surface area contributed by atoms with Crippen molar-refractivity contribution >= 4 is 23.5 Å². The van der Waals surface area contributed by atoms with E-state index in [4.69, 9.17) is 14.2 Å². The molecule has 0 bridgehead atoms. The Morgan fingerprint density at radius 1 is 1.05 bits per heavy atom. The summed E-state index contributed by atoms with van der Waals surface area (Å²) in [6.45, 7) is 3.61. The van der Waals surface area contributed by atoms with Gasteiger partial charge in [-0.25, -0.2) is 4.99 Å². The molecule has 0 aliphatic rings. The highest BCUT2D eigenvalue weighted by molar-refractivity contribution is 6.14. The summed E-state index contributed by atoms with van der Waals surface area (Å²) in [5.41, 5.74) is 0.563. The van der Waals surface area contributed by atoms with Crippen LogP contribution in [-0.4, -0.2) is 38.2 Å². The van der Waals surface area contributed by atoms with Crippen LogP contribution in [-0.2, 0) is 23.8 Å². The third-order valence-corrected chi connectivity index (χ3v) is 2.50. The molecule has 0 amide bonds. The summed E-state index contributed by atoms with van der Waals surface area (Å²) in [5.74, 6) is -2.87. The average molecular weight is 293 g/mol. The molecule has 21 heavy (non-hydrogen) atoms. The molecular weight excluding hydrogens is 274 g/mol. The zero-order valence-corrected chi connectivity index (χ0v) is 12.4. The van der Waals surface area contributed by atoms with Crippen LogP contribution in [0.5, 0.6) is 0 Å². The van der Waals surface area contributed by atoms with Gasteiger partial charge in [-0.15, -0.1) is 0 Å². The highest BCUT2D eigenvalue weighted by Crippen LogP contribution is 2.15. The highest BCUT2D eigenvalue weighted by atomic mass is 16.6. The summed E-state index contributed by atoms with van der Waals surface area (Å²) in [5, 5.41) is 0. The minimum atomic E-state index is -1.32. The molecule has 0 aromatic heterocycles. The van der Waals surface area contributed by atoms with Gasteiger partial charge in [-0.05, 0) is 26.0 Å². The number of para-hydroxylation sites is 1. The summed E-state index contributed by atoms with van der Waals surface area (Å²) >= 11 is 0. The Hall–Kier alpha value is -2.37. The molecule has 0 saturated heterocycles. The summed E-state index contributed by atoms with van der Waals surface area (Å²) in [4.78, 5) is 28.1. The van der Waals surface area contributed by atoms with Gasteiger partial charge in [0.1, 0.15) is 0 Å². The fourth-order valence-electron chi connectivity index (χ4n) is 1.61. The number of carbonyl (C=O) groups is 2. The molecule has 0 heterocycles. The van der Waals surface area contributed by atoms with Crippen molar-refractivity contribution in [1.82, 2.24) is 0 Å². The van der Waals surface area contributed by atoms with E-state index in [1.807, 2.05) is 6.07 Å². The molecule has 0 aliphatic carbocycles. The van der Waals surface area contributed by atoms with Crippen molar-refractivity contribution in [1.29, 1.82) is 0 Å². The predicted octanol–water partition coefficient (Wildman–Crippen LogP) is 2.11. The smallest absolute Gasteiger partial charge is 0.329 e. The summed E-state index contributed by atoms with van der Waals surface area (Å²) < 4.78 is 14.9. The number of nitrogens with zero attached hydrogens (tertiary/aromatic N) is 1. The SMILES string of the molecule is CCOC(=O)C(C(=O)OCC)C(=Nc1ccccc1)OC. The largest absolute Gasteiger partial charge is 0.483 e. The highest BCUT2D eigenvalue weighted by Gasteiger charge is 2.36. The minimum absolute atomic E-state index is 0.0573. The van der Waals surface area contributed by atoms with E-state index in [9.17, 15) is 9.59 Å². The van der Waals surface area contributed by atoms with E-state index < -0.39 is 17.9 Å². The fraction of sp³-hybridized carbons (Fsp3) is 0.400. The lowest BCUT2D eigenvalue weighted by molar-refractivity contribution is -0.158. The van der Waals surface area contributed by atoms with Crippen LogP contribution >= 0.6 is 0 Å². The first-order valence-electron chi connectivity index (χ1n) is 6.64. The van der Waals surface area contributed by atoms with E-state index in [2.05, 4.69) is 4.99 Å². The van der Waals surface area contributed by atoms with Gasteiger partial charge in [-0.3, -0.25) is 9.59 Å². The second-order valence-corrected chi connectivity index (χ2v) is 3.93. The van der Waals surface area contributed by atoms with Crippen molar-refractivity contribution in [3.8, 4) is 0 Å². The van der Waals surface area contributed by atoms with Crippen LogP contribution in [0.3, 0.4) is 0 Å². The molecule has 1 aromatic carbocycles. The average Bonchev–Trinajstić information content (AvgIpc) is 2.48. The molecule has 0 radical (unpaired) electrons. The van der Waals surface area contributed by atoms with Crippen LogP contribution in [0.2, 0.25) is 0 Å². The van der Waals surface area contributed by atoms with E-state index in [-0.39, 0.29) is 19.1 Å². The number of benzene rings is 1. The molecule has 1 aromatic rings. The number of carbonyl (C=O) groups excluding carboxylic acids is 2. The van der Waals surface area contributed by atoms with E-state index >= 15 is 0 Å². The van der Waals surface area contributed by atoms with Gasteiger partial charge in [-0.2, -0.15) is 0 Å². The lowest BCUT2D eigenvalue weighted by Crippen LogP contribution is -2.35. The zero-order chi connectivity index (χ0) is 15.7. The van der Waals surface area contributed by atoms with Crippen molar-refractivity contribution in [2.45, 2.75) is 13.8 Å². The zero-order valence-electron chi connectivity index (χ0n) is 12.4. The van der Waals surface area contributed by atoms with Gasteiger partial charge in [0.15, 0.2) is 0 Å².